The van der Waals surface area contributed by atoms with Crippen molar-refractivity contribution in [1.82, 2.24) is 0 Å². The Morgan fingerprint density at radius 3 is 2.57 bits per heavy atom. The van der Waals surface area contributed by atoms with Crippen LogP contribution in [0.1, 0.15) is 13.3 Å². The topological polar surface area (TPSA) is 72.6 Å². The maximum Gasteiger partial charge on any atom is 0.322 e. The molecule has 0 saturated carbocycles. The van der Waals surface area contributed by atoms with Gasteiger partial charge in [-0.05, 0) is 31.2 Å². The molecule has 0 aliphatic rings. The first-order chi connectivity index (χ1) is 10.1. The van der Waals surface area contributed by atoms with Crippen LogP contribution in [-0.2, 0) is 14.3 Å². The van der Waals surface area contributed by atoms with E-state index in [1.165, 1.54) is 18.9 Å². The van der Waals surface area contributed by atoms with Gasteiger partial charge in [0, 0.05) is 12.2 Å². The molecule has 0 heterocycles. The van der Waals surface area contributed by atoms with E-state index in [2.05, 4.69) is 4.74 Å². The zero-order valence-electron chi connectivity index (χ0n) is 12.5. The molecule has 116 valence electrons. The van der Waals surface area contributed by atoms with Crippen molar-refractivity contribution in [1.29, 1.82) is 0 Å². The number of esters is 1. The van der Waals surface area contributed by atoms with Gasteiger partial charge in [0.05, 0.1) is 12.9 Å². The second kappa shape index (κ2) is 9.41. The average molecular weight is 310 g/mol. The zero-order valence-corrected chi connectivity index (χ0v) is 13.3. The Bertz CT molecular complexity index is 453. The van der Waals surface area contributed by atoms with E-state index in [4.69, 9.17) is 5.73 Å². The number of anilines is 1. The fraction of sp³-hybridized carbons (Fsp3) is 0.467. The summed E-state index contributed by atoms with van der Waals surface area (Å²) in [5.41, 5.74) is 6.54. The maximum absolute atomic E-state index is 12.2. The first-order valence-corrected chi connectivity index (χ1v) is 8.02. The fourth-order valence-electron chi connectivity index (χ4n) is 1.83. The van der Waals surface area contributed by atoms with Gasteiger partial charge in [0.1, 0.15) is 6.04 Å². The molecule has 0 radical (unpaired) electrons. The number of hydrogen-bond donors (Lipinski definition) is 1. The summed E-state index contributed by atoms with van der Waals surface area (Å²) in [6.45, 7) is 2.58. The Morgan fingerprint density at radius 2 is 2.00 bits per heavy atom. The van der Waals surface area contributed by atoms with Crippen molar-refractivity contribution >= 4 is 29.3 Å². The molecule has 1 atom stereocenters. The van der Waals surface area contributed by atoms with Crippen LogP contribution in [-0.4, -0.2) is 43.1 Å². The lowest BCUT2D eigenvalue weighted by molar-refractivity contribution is -0.142. The summed E-state index contributed by atoms with van der Waals surface area (Å²) in [5.74, 6) is 0.659. The van der Waals surface area contributed by atoms with Crippen molar-refractivity contribution in [3.63, 3.8) is 0 Å². The molecule has 0 spiro atoms. The van der Waals surface area contributed by atoms with E-state index in [9.17, 15) is 9.59 Å². The summed E-state index contributed by atoms with van der Waals surface area (Å²) >= 11 is 1.48. The number of hydrogen-bond acceptors (Lipinski definition) is 5. The second-order valence-corrected chi connectivity index (χ2v) is 5.55. The summed E-state index contributed by atoms with van der Waals surface area (Å²) < 4.78 is 4.56. The molecule has 0 aliphatic carbocycles. The van der Waals surface area contributed by atoms with Crippen LogP contribution >= 0.6 is 11.8 Å². The van der Waals surface area contributed by atoms with Gasteiger partial charge >= 0.3 is 5.97 Å². The molecule has 6 heteroatoms. The summed E-state index contributed by atoms with van der Waals surface area (Å²) in [7, 11) is 1.32. The normalized spacial score (nSPS) is 11.8. The summed E-state index contributed by atoms with van der Waals surface area (Å²) in [5, 5.41) is 0. The Hall–Kier alpha value is -1.53. The largest absolute Gasteiger partial charge is 0.468 e. The number of benzene rings is 1. The van der Waals surface area contributed by atoms with Gasteiger partial charge in [0.15, 0.2) is 0 Å². The van der Waals surface area contributed by atoms with Gasteiger partial charge in [-0.2, -0.15) is 11.8 Å². The van der Waals surface area contributed by atoms with E-state index >= 15 is 0 Å². The number of rotatable bonds is 8. The van der Waals surface area contributed by atoms with Crippen LogP contribution in [0.15, 0.2) is 30.3 Å². The van der Waals surface area contributed by atoms with Gasteiger partial charge in [-0.1, -0.05) is 18.2 Å². The Kier molecular flexibility index (Phi) is 7.85. The van der Waals surface area contributed by atoms with E-state index in [0.29, 0.717) is 24.5 Å². The first-order valence-electron chi connectivity index (χ1n) is 6.86. The molecule has 1 aromatic carbocycles. The molecule has 0 bridgehead atoms. The lowest BCUT2D eigenvalue weighted by Crippen LogP contribution is -2.33. The number of thioether (sulfide) groups is 1. The summed E-state index contributed by atoms with van der Waals surface area (Å²) in [6, 6.07) is 8.96. The molecule has 2 N–H and O–H groups in total. The van der Waals surface area contributed by atoms with Crippen LogP contribution in [0, 0.1) is 0 Å². The molecule has 5 nitrogen and oxygen atoms in total. The average Bonchev–Trinajstić information content (AvgIpc) is 2.52. The third-order valence-corrected chi connectivity index (χ3v) is 3.96. The third kappa shape index (κ3) is 5.77. The standard InChI is InChI=1S/C15H22N2O3S/c1-3-17(12-7-5-4-6-8-12)14(18)11-21-10-9-13(16)15(19)20-2/h4-8,13H,3,9-11,16H2,1-2H3. The number of nitrogens with two attached hydrogens (primary N) is 1. The number of ether oxygens (including phenoxy) is 1. The highest BCUT2D eigenvalue weighted by Gasteiger charge is 2.15. The van der Waals surface area contributed by atoms with Crippen molar-refractivity contribution in [2.24, 2.45) is 5.73 Å². The zero-order chi connectivity index (χ0) is 15.7. The lowest BCUT2D eigenvalue weighted by atomic mass is 10.2. The van der Waals surface area contributed by atoms with Crippen LogP contribution in [0.4, 0.5) is 5.69 Å². The van der Waals surface area contributed by atoms with Crippen molar-refractivity contribution < 1.29 is 14.3 Å². The quantitative estimate of drug-likeness (QED) is 0.584. The molecular weight excluding hydrogens is 288 g/mol. The first kappa shape index (κ1) is 17.5. The predicted molar refractivity (Wildman–Crippen MR) is 86.4 cm³/mol. The molecule has 1 amide bonds. The monoisotopic (exact) mass is 310 g/mol. The van der Waals surface area contributed by atoms with Gasteiger partial charge in [0.2, 0.25) is 5.91 Å². The highest BCUT2D eigenvalue weighted by molar-refractivity contribution is 7.99. The Morgan fingerprint density at radius 1 is 1.33 bits per heavy atom. The maximum atomic E-state index is 12.2. The molecule has 21 heavy (non-hydrogen) atoms. The second-order valence-electron chi connectivity index (χ2n) is 4.44. The summed E-state index contributed by atoms with van der Waals surface area (Å²) in [4.78, 5) is 25.1. The van der Waals surface area contributed by atoms with Crippen LogP contribution in [0.5, 0.6) is 0 Å². The molecule has 0 saturated heterocycles. The Labute approximate surface area is 129 Å². The molecular formula is C15H22N2O3S. The van der Waals surface area contributed by atoms with Crippen molar-refractivity contribution in [3.05, 3.63) is 30.3 Å². The highest BCUT2D eigenvalue weighted by Crippen LogP contribution is 2.15. The van der Waals surface area contributed by atoms with Crippen molar-refractivity contribution in [3.8, 4) is 0 Å². The number of carbonyl (C=O) groups is 2. The van der Waals surface area contributed by atoms with E-state index in [0.717, 1.165) is 5.69 Å². The number of methoxy groups -OCH3 is 1. The highest BCUT2D eigenvalue weighted by atomic mass is 32.2. The number of carbonyl (C=O) groups excluding carboxylic acids is 2. The minimum Gasteiger partial charge on any atom is -0.468 e. The van der Waals surface area contributed by atoms with E-state index in [1.54, 1.807) is 4.90 Å². The molecule has 1 rings (SSSR count). The Balaban J connectivity index is 2.37. The number of para-hydroxylation sites is 1. The van der Waals surface area contributed by atoms with Gasteiger partial charge < -0.3 is 15.4 Å². The minimum absolute atomic E-state index is 0.0559. The SMILES string of the molecule is CCN(C(=O)CSCCC(N)C(=O)OC)c1ccccc1. The lowest BCUT2D eigenvalue weighted by Gasteiger charge is -2.20. The number of nitrogens with zero attached hydrogens (tertiary/aromatic N) is 1. The molecule has 0 fully saturated rings. The van der Waals surface area contributed by atoms with Gasteiger partial charge in [0.25, 0.3) is 0 Å². The smallest absolute Gasteiger partial charge is 0.322 e. The van der Waals surface area contributed by atoms with Crippen molar-refractivity contribution in [2.45, 2.75) is 19.4 Å². The molecule has 1 unspecified atom stereocenters. The summed E-state index contributed by atoms with van der Waals surface area (Å²) in [6.07, 6.45) is 0.502. The molecule has 0 aliphatic heterocycles. The van der Waals surface area contributed by atoms with Gasteiger partial charge in [-0.25, -0.2) is 0 Å². The predicted octanol–water partition coefficient (Wildman–Crippen LogP) is 1.66. The van der Waals surface area contributed by atoms with E-state index in [1.807, 2.05) is 37.3 Å². The van der Waals surface area contributed by atoms with Crippen LogP contribution in [0.25, 0.3) is 0 Å². The minimum atomic E-state index is -0.617. The van der Waals surface area contributed by atoms with Crippen LogP contribution < -0.4 is 10.6 Å². The molecule has 0 aromatic heterocycles. The van der Waals surface area contributed by atoms with E-state index in [-0.39, 0.29) is 5.91 Å². The molecule has 1 aromatic rings. The third-order valence-electron chi connectivity index (χ3n) is 2.99. The van der Waals surface area contributed by atoms with E-state index < -0.39 is 12.0 Å². The van der Waals surface area contributed by atoms with Crippen LogP contribution in [0.3, 0.4) is 0 Å². The fourth-order valence-corrected chi connectivity index (χ4v) is 2.72. The van der Waals surface area contributed by atoms with Crippen molar-refractivity contribution in [2.75, 3.05) is 30.1 Å². The van der Waals surface area contributed by atoms with Crippen LogP contribution in [0.2, 0.25) is 0 Å². The van der Waals surface area contributed by atoms with Gasteiger partial charge in [-0.3, -0.25) is 9.59 Å². The number of amides is 1. The van der Waals surface area contributed by atoms with Gasteiger partial charge in [-0.15, -0.1) is 0 Å².